The van der Waals surface area contributed by atoms with Gasteiger partial charge >= 0.3 is 0 Å². The molecule has 0 bridgehead atoms. The van der Waals surface area contributed by atoms with Crippen LogP contribution in [0.25, 0.3) is 6.08 Å². The van der Waals surface area contributed by atoms with E-state index in [2.05, 4.69) is 36.9 Å². The number of methoxy groups -OCH3 is 1. The number of hydrogen-bond donors (Lipinski definition) is 0. The molecule has 1 aliphatic rings. The van der Waals surface area contributed by atoms with Gasteiger partial charge in [-0.1, -0.05) is 56.1 Å². The second kappa shape index (κ2) is 8.35. The van der Waals surface area contributed by atoms with Gasteiger partial charge in [0.15, 0.2) is 0 Å². The van der Waals surface area contributed by atoms with Crippen molar-refractivity contribution in [2.24, 2.45) is 4.99 Å². The van der Waals surface area contributed by atoms with Crippen LogP contribution >= 0.6 is 31.9 Å². The van der Waals surface area contributed by atoms with E-state index in [-0.39, 0.29) is 5.91 Å². The highest BCUT2D eigenvalue weighted by Crippen LogP contribution is 2.29. The standard InChI is InChI=1S/C23H16Br2N2O2/c1-29-20-12-2-15(3-13-20)14-21-23(28)27(19-10-8-18(25)9-11-19)22(26-21)16-4-6-17(24)7-5-16/h2-14H,1H3/b21-14+. The van der Waals surface area contributed by atoms with Crippen molar-refractivity contribution in [1.82, 2.24) is 0 Å². The highest BCUT2D eigenvalue weighted by molar-refractivity contribution is 9.10. The summed E-state index contributed by atoms with van der Waals surface area (Å²) < 4.78 is 7.11. The van der Waals surface area contributed by atoms with Crippen molar-refractivity contribution >= 4 is 55.4 Å². The summed E-state index contributed by atoms with van der Waals surface area (Å²) in [5, 5.41) is 0. The fraction of sp³-hybridized carbons (Fsp3) is 0.0435. The van der Waals surface area contributed by atoms with Gasteiger partial charge in [-0.15, -0.1) is 0 Å². The zero-order chi connectivity index (χ0) is 20.4. The van der Waals surface area contributed by atoms with Gasteiger partial charge in [-0.25, -0.2) is 4.99 Å². The molecule has 6 heteroatoms. The monoisotopic (exact) mass is 510 g/mol. The second-order valence-electron chi connectivity index (χ2n) is 6.36. The van der Waals surface area contributed by atoms with E-state index in [4.69, 9.17) is 4.74 Å². The van der Waals surface area contributed by atoms with Crippen molar-refractivity contribution in [3.05, 3.63) is 98.6 Å². The van der Waals surface area contributed by atoms with Gasteiger partial charge < -0.3 is 4.74 Å². The number of ether oxygens (including phenoxy) is 1. The Bertz CT molecular complexity index is 1100. The molecule has 1 amide bonds. The van der Waals surface area contributed by atoms with Gasteiger partial charge in [0.05, 0.1) is 12.8 Å². The van der Waals surface area contributed by atoms with E-state index >= 15 is 0 Å². The quantitative estimate of drug-likeness (QED) is 0.400. The molecule has 0 aromatic heterocycles. The Morgan fingerprint density at radius 3 is 2.03 bits per heavy atom. The first-order valence-electron chi connectivity index (χ1n) is 8.85. The maximum atomic E-state index is 13.3. The SMILES string of the molecule is COc1ccc(/C=C2/N=C(c3ccc(Br)cc3)N(c3ccc(Br)cc3)C2=O)cc1. The zero-order valence-electron chi connectivity index (χ0n) is 15.5. The lowest BCUT2D eigenvalue weighted by molar-refractivity contribution is -0.113. The Kier molecular flexibility index (Phi) is 5.65. The highest BCUT2D eigenvalue weighted by atomic mass is 79.9. The molecule has 0 atom stereocenters. The number of hydrogen-bond acceptors (Lipinski definition) is 3. The molecule has 0 radical (unpaired) electrons. The van der Waals surface area contributed by atoms with Crippen LogP contribution in [0.15, 0.2) is 92.4 Å². The summed E-state index contributed by atoms with van der Waals surface area (Å²) >= 11 is 6.90. The number of aliphatic imine (C=N–C) groups is 1. The summed E-state index contributed by atoms with van der Waals surface area (Å²) in [6.45, 7) is 0. The zero-order valence-corrected chi connectivity index (χ0v) is 18.6. The lowest BCUT2D eigenvalue weighted by atomic mass is 10.1. The van der Waals surface area contributed by atoms with Gasteiger partial charge in [0, 0.05) is 14.5 Å². The van der Waals surface area contributed by atoms with Crippen LogP contribution in [-0.4, -0.2) is 18.9 Å². The van der Waals surface area contributed by atoms with Gasteiger partial charge in [0.1, 0.15) is 17.3 Å². The van der Waals surface area contributed by atoms with Crippen LogP contribution in [0.2, 0.25) is 0 Å². The van der Waals surface area contributed by atoms with Crippen LogP contribution in [0.1, 0.15) is 11.1 Å². The van der Waals surface area contributed by atoms with E-state index in [0.717, 1.165) is 31.5 Å². The molecule has 0 N–H and O–H groups in total. The third kappa shape index (κ3) is 4.18. The van der Waals surface area contributed by atoms with Crippen molar-refractivity contribution in [2.75, 3.05) is 12.0 Å². The van der Waals surface area contributed by atoms with Crippen LogP contribution in [0.3, 0.4) is 0 Å². The van der Waals surface area contributed by atoms with Crippen molar-refractivity contribution < 1.29 is 9.53 Å². The van der Waals surface area contributed by atoms with Crippen LogP contribution in [-0.2, 0) is 4.79 Å². The summed E-state index contributed by atoms with van der Waals surface area (Å²) in [7, 11) is 1.62. The average Bonchev–Trinajstić information content (AvgIpc) is 3.06. The number of amidine groups is 1. The molecular formula is C23H16Br2N2O2. The first kappa shape index (κ1) is 19.6. The Morgan fingerprint density at radius 1 is 0.862 bits per heavy atom. The van der Waals surface area contributed by atoms with E-state index in [0.29, 0.717) is 11.5 Å². The minimum Gasteiger partial charge on any atom is -0.497 e. The Balaban J connectivity index is 1.78. The van der Waals surface area contributed by atoms with Gasteiger partial charge in [-0.3, -0.25) is 9.69 Å². The van der Waals surface area contributed by atoms with Crippen LogP contribution in [0, 0.1) is 0 Å². The van der Waals surface area contributed by atoms with Crippen molar-refractivity contribution in [2.45, 2.75) is 0 Å². The molecule has 0 saturated heterocycles. The van der Waals surface area contributed by atoms with E-state index in [1.807, 2.05) is 72.8 Å². The lowest BCUT2D eigenvalue weighted by Gasteiger charge is -2.18. The molecule has 4 rings (SSSR count). The van der Waals surface area contributed by atoms with Crippen LogP contribution in [0.5, 0.6) is 5.75 Å². The van der Waals surface area contributed by atoms with Crippen molar-refractivity contribution in [1.29, 1.82) is 0 Å². The molecule has 0 unspecified atom stereocenters. The maximum absolute atomic E-state index is 13.3. The van der Waals surface area contributed by atoms with Gasteiger partial charge in [-0.05, 0) is 60.2 Å². The van der Waals surface area contributed by atoms with Crippen LogP contribution < -0.4 is 9.64 Å². The molecule has 0 aliphatic carbocycles. The molecule has 144 valence electrons. The largest absolute Gasteiger partial charge is 0.497 e. The number of benzene rings is 3. The average molecular weight is 512 g/mol. The molecule has 3 aromatic rings. The summed E-state index contributed by atoms with van der Waals surface area (Å²) in [6, 6.07) is 22.9. The normalized spacial score (nSPS) is 15.0. The topological polar surface area (TPSA) is 41.9 Å². The summed E-state index contributed by atoms with van der Waals surface area (Å²) in [5.74, 6) is 1.20. The minimum atomic E-state index is -0.166. The van der Waals surface area contributed by atoms with E-state index in [1.165, 1.54) is 0 Å². The molecule has 0 fully saturated rings. The van der Waals surface area contributed by atoms with Crippen LogP contribution in [0.4, 0.5) is 5.69 Å². The fourth-order valence-corrected chi connectivity index (χ4v) is 3.53. The Labute approximate surface area is 185 Å². The molecule has 3 aromatic carbocycles. The van der Waals surface area contributed by atoms with Gasteiger partial charge in [0.25, 0.3) is 5.91 Å². The summed E-state index contributed by atoms with van der Waals surface area (Å²) in [6.07, 6.45) is 1.79. The lowest BCUT2D eigenvalue weighted by Crippen LogP contribution is -2.32. The first-order chi connectivity index (χ1) is 14.0. The van der Waals surface area contributed by atoms with Gasteiger partial charge in [-0.2, -0.15) is 0 Å². The van der Waals surface area contributed by atoms with E-state index < -0.39 is 0 Å². The van der Waals surface area contributed by atoms with E-state index in [1.54, 1.807) is 18.1 Å². The second-order valence-corrected chi connectivity index (χ2v) is 8.19. The predicted molar refractivity (Wildman–Crippen MR) is 123 cm³/mol. The minimum absolute atomic E-state index is 0.166. The predicted octanol–water partition coefficient (Wildman–Crippen LogP) is 6.05. The fourth-order valence-electron chi connectivity index (χ4n) is 3.00. The van der Waals surface area contributed by atoms with E-state index in [9.17, 15) is 4.79 Å². The molecule has 0 saturated carbocycles. The number of amides is 1. The molecular weight excluding hydrogens is 496 g/mol. The number of carbonyl (C=O) groups excluding carboxylic acids is 1. The maximum Gasteiger partial charge on any atom is 0.282 e. The number of carbonyl (C=O) groups is 1. The van der Waals surface area contributed by atoms with Crippen molar-refractivity contribution in [3.63, 3.8) is 0 Å². The number of halogens is 2. The number of nitrogens with zero attached hydrogens (tertiary/aromatic N) is 2. The van der Waals surface area contributed by atoms with Crippen molar-refractivity contribution in [3.8, 4) is 5.75 Å². The Hall–Kier alpha value is -2.70. The summed E-state index contributed by atoms with van der Waals surface area (Å²) in [4.78, 5) is 19.6. The molecule has 0 spiro atoms. The third-order valence-electron chi connectivity index (χ3n) is 4.47. The summed E-state index contributed by atoms with van der Waals surface area (Å²) in [5.41, 5.74) is 2.89. The third-order valence-corrected chi connectivity index (χ3v) is 5.52. The number of anilines is 1. The molecule has 4 nitrogen and oxygen atoms in total. The Morgan fingerprint density at radius 2 is 1.45 bits per heavy atom. The highest BCUT2D eigenvalue weighted by Gasteiger charge is 2.32. The smallest absolute Gasteiger partial charge is 0.282 e. The number of rotatable bonds is 4. The molecule has 1 heterocycles. The molecule has 29 heavy (non-hydrogen) atoms. The molecule has 1 aliphatic heterocycles. The first-order valence-corrected chi connectivity index (χ1v) is 10.4. The van der Waals surface area contributed by atoms with Gasteiger partial charge in [0.2, 0.25) is 0 Å².